The van der Waals surface area contributed by atoms with Crippen molar-refractivity contribution < 1.29 is 0 Å². The standard InChI is InChI=1S/C7H9N/c1-6(4-5-8)7-2-3-7/h4,7H,2-3H2,1H3. The lowest BCUT2D eigenvalue weighted by molar-refractivity contribution is 1.01. The molecule has 0 unspecified atom stereocenters. The highest BCUT2D eigenvalue weighted by Crippen LogP contribution is 2.35. The lowest BCUT2D eigenvalue weighted by Crippen LogP contribution is -1.74. The fourth-order valence-electron chi connectivity index (χ4n) is 0.758. The van der Waals surface area contributed by atoms with Crippen LogP contribution in [0, 0.1) is 17.2 Å². The molecule has 1 aliphatic carbocycles. The Hall–Kier alpha value is -0.770. The summed E-state index contributed by atoms with van der Waals surface area (Å²) in [6.07, 6.45) is 4.24. The van der Waals surface area contributed by atoms with E-state index in [1.54, 1.807) is 6.08 Å². The minimum atomic E-state index is 0.759. The Morgan fingerprint density at radius 2 is 2.38 bits per heavy atom. The van der Waals surface area contributed by atoms with Crippen molar-refractivity contribution in [1.29, 1.82) is 5.26 Å². The molecule has 0 bridgehead atoms. The molecule has 0 radical (unpaired) electrons. The minimum absolute atomic E-state index is 0.759. The molecule has 0 aromatic rings. The van der Waals surface area contributed by atoms with Gasteiger partial charge < -0.3 is 0 Å². The molecule has 0 aromatic heterocycles. The molecule has 0 atom stereocenters. The van der Waals surface area contributed by atoms with Gasteiger partial charge >= 0.3 is 0 Å². The van der Waals surface area contributed by atoms with Crippen LogP contribution in [0.15, 0.2) is 11.6 Å². The van der Waals surface area contributed by atoms with E-state index >= 15 is 0 Å². The molecule has 0 saturated heterocycles. The first-order valence-corrected chi connectivity index (χ1v) is 2.91. The van der Waals surface area contributed by atoms with Crippen molar-refractivity contribution in [2.24, 2.45) is 5.92 Å². The number of hydrogen-bond acceptors (Lipinski definition) is 1. The highest BCUT2D eigenvalue weighted by atomic mass is 14.3. The molecule has 42 valence electrons. The van der Waals surface area contributed by atoms with Gasteiger partial charge in [0.2, 0.25) is 0 Å². The fraction of sp³-hybridized carbons (Fsp3) is 0.571. The Labute approximate surface area is 49.6 Å². The predicted molar refractivity (Wildman–Crippen MR) is 32.1 cm³/mol. The minimum Gasteiger partial charge on any atom is -0.193 e. The second kappa shape index (κ2) is 2.00. The zero-order valence-electron chi connectivity index (χ0n) is 5.02. The van der Waals surface area contributed by atoms with E-state index in [9.17, 15) is 0 Å². The van der Waals surface area contributed by atoms with Crippen molar-refractivity contribution in [2.45, 2.75) is 19.8 Å². The van der Waals surface area contributed by atoms with Crippen molar-refractivity contribution in [3.8, 4) is 6.07 Å². The Morgan fingerprint density at radius 1 is 1.75 bits per heavy atom. The molecule has 0 spiro atoms. The summed E-state index contributed by atoms with van der Waals surface area (Å²) in [7, 11) is 0. The molecule has 1 aliphatic rings. The summed E-state index contributed by atoms with van der Waals surface area (Å²) >= 11 is 0. The van der Waals surface area contributed by atoms with E-state index in [4.69, 9.17) is 5.26 Å². The summed E-state index contributed by atoms with van der Waals surface area (Å²) in [6.45, 7) is 2.03. The molecule has 1 saturated carbocycles. The van der Waals surface area contributed by atoms with Crippen molar-refractivity contribution >= 4 is 0 Å². The molecule has 0 amide bonds. The molecular formula is C7H9N. The van der Waals surface area contributed by atoms with Crippen molar-refractivity contribution in [3.63, 3.8) is 0 Å². The van der Waals surface area contributed by atoms with Gasteiger partial charge in [-0.3, -0.25) is 0 Å². The van der Waals surface area contributed by atoms with Gasteiger partial charge in [-0.15, -0.1) is 0 Å². The van der Waals surface area contributed by atoms with Crippen molar-refractivity contribution in [2.75, 3.05) is 0 Å². The van der Waals surface area contributed by atoms with E-state index in [0.717, 1.165) is 5.92 Å². The normalized spacial score (nSPS) is 20.2. The first kappa shape index (κ1) is 5.37. The summed E-state index contributed by atoms with van der Waals surface area (Å²) < 4.78 is 0. The zero-order chi connectivity index (χ0) is 5.98. The van der Waals surface area contributed by atoms with Crippen LogP contribution in [-0.4, -0.2) is 0 Å². The molecule has 0 aromatic carbocycles. The second-order valence-corrected chi connectivity index (χ2v) is 2.29. The third-order valence-corrected chi connectivity index (χ3v) is 1.51. The summed E-state index contributed by atoms with van der Waals surface area (Å²) in [5, 5.41) is 8.19. The monoisotopic (exact) mass is 107 g/mol. The van der Waals surface area contributed by atoms with Crippen molar-refractivity contribution in [3.05, 3.63) is 11.6 Å². The quantitative estimate of drug-likeness (QED) is 0.469. The SMILES string of the molecule is CC(=CC#N)C1CC1. The van der Waals surface area contributed by atoms with Crippen LogP contribution in [-0.2, 0) is 0 Å². The average molecular weight is 107 g/mol. The van der Waals surface area contributed by atoms with Crippen LogP contribution in [0.2, 0.25) is 0 Å². The second-order valence-electron chi connectivity index (χ2n) is 2.29. The maximum absolute atomic E-state index is 8.19. The summed E-state index contributed by atoms with van der Waals surface area (Å²) in [5.74, 6) is 0.759. The van der Waals surface area contributed by atoms with Crippen LogP contribution in [0.3, 0.4) is 0 Å². The van der Waals surface area contributed by atoms with E-state index in [1.165, 1.54) is 18.4 Å². The highest BCUT2D eigenvalue weighted by Gasteiger charge is 2.22. The smallest absolute Gasteiger partial charge is 0.0911 e. The van der Waals surface area contributed by atoms with Crippen molar-refractivity contribution in [1.82, 2.24) is 0 Å². The van der Waals surface area contributed by atoms with Gasteiger partial charge in [0.05, 0.1) is 6.07 Å². The van der Waals surface area contributed by atoms with Crippen LogP contribution in [0.1, 0.15) is 19.8 Å². The van der Waals surface area contributed by atoms with Gasteiger partial charge in [-0.05, 0) is 25.7 Å². The Bertz CT molecular complexity index is 146. The molecule has 1 rings (SSSR count). The number of nitriles is 1. The van der Waals surface area contributed by atoms with Crippen LogP contribution >= 0.6 is 0 Å². The Morgan fingerprint density at radius 3 is 2.75 bits per heavy atom. The van der Waals surface area contributed by atoms with Gasteiger partial charge in [0.15, 0.2) is 0 Å². The van der Waals surface area contributed by atoms with E-state index < -0.39 is 0 Å². The zero-order valence-corrected chi connectivity index (χ0v) is 5.02. The lowest BCUT2D eigenvalue weighted by atomic mass is 10.2. The van der Waals surface area contributed by atoms with Gasteiger partial charge in [-0.25, -0.2) is 0 Å². The fourth-order valence-corrected chi connectivity index (χ4v) is 0.758. The van der Waals surface area contributed by atoms with Gasteiger partial charge in [0.25, 0.3) is 0 Å². The topological polar surface area (TPSA) is 23.8 Å². The van der Waals surface area contributed by atoms with Gasteiger partial charge in [0, 0.05) is 6.08 Å². The van der Waals surface area contributed by atoms with Crippen LogP contribution < -0.4 is 0 Å². The van der Waals surface area contributed by atoms with Crippen LogP contribution in [0.5, 0.6) is 0 Å². The summed E-state index contributed by atoms with van der Waals surface area (Å²) in [5.41, 5.74) is 1.26. The van der Waals surface area contributed by atoms with Gasteiger partial charge in [-0.2, -0.15) is 5.26 Å². The van der Waals surface area contributed by atoms with Crippen LogP contribution in [0.25, 0.3) is 0 Å². The van der Waals surface area contributed by atoms with E-state index in [0.29, 0.717) is 0 Å². The Balaban J connectivity index is 2.45. The molecule has 8 heavy (non-hydrogen) atoms. The Kier molecular flexibility index (Phi) is 1.34. The predicted octanol–water partition coefficient (Wildman–Crippen LogP) is 1.87. The van der Waals surface area contributed by atoms with E-state index in [1.807, 2.05) is 13.0 Å². The third-order valence-electron chi connectivity index (χ3n) is 1.51. The number of rotatable bonds is 1. The maximum Gasteiger partial charge on any atom is 0.0911 e. The van der Waals surface area contributed by atoms with Crippen LogP contribution in [0.4, 0.5) is 0 Å². The largest absolute Gasteiger partial charge is 0.193 e. The molecule has 0 N–H and O–H groups in total. The molecule has 0 aliphatic heterocycles. The lowest BCUT2D eigenvalue weighted by Gasteiger charge is -1.87. The number of nitrogens with zero attached hydrogens (tertiary/aromatic N) is 1. The summed E-state index contributed by atoms with van der Waals surface area (Å²) in [6, 6.07) is 2.03. The first-order chi connectivity index (χ1) is 3.84. The highest BCUT2D eigenvalue weighted by molar-refractivity contribution is 5.17. The summed E-state index contributed by atoms with van der Waals surface area (Å²) in [4.78, 5) is 0. The van der Waals surface area contributed by atoms with E-state index in [2.05, 4.69) is 0 Å². The molecule has 1 fully saturated rings. The molecule has 0 heterocycles. The molecule has 1 heteroatoms. The number of allylic oxidation sites excluding steroid dienone is 2. The van der Waals surface area contributed by atoms with Gasteiger partial charge in [-0.1, -0.05) is 5.57 Å². The van der Waals surface area contributed by atoms with E-state index in [-0.39, 0.29) is 0 Å². The molecular weight excluding hydrogens is 98.1 g/mol. The maximum atomic E-state index is 8.19. The number of hydrogen-bond donors (Lipinski definition) is 0. The average Bonchev–Trinajstić information content (AvgIpc) is 2.45. The third kappa shape index (κ3) is 1.10. The van der Waals surface area contributed by atoms with Gasteiger partial charge in [0.1, 0.15) is 0 Å². The molecule has 1 nitrogen and oxygen atoms in total. The first-order valence-electron chi connectivity index (χ1n) is 2.91.